The van der Waals surface area contributed by atoms with Crippen molar-refractivity contribution in [2.45, 2.75) is 52.5 Å². The third-order valence-corrected chi connectivity index (χ3v) is 5.34. The van der Waals surface area contributed by atoms with E-state index in [1.807, 2.05) is 13.8 Å². The van der Waals surface area contributed by atoms with E-state index in [0.717, 1.165) is 35.3 Å². The highest BCUT2D eigenvalue weighted by Crippen LogP contribution is 2.36. The molecule has 0 fully saturated rings. The average Bonchev–Trinajstić information content (AvgIpc) is 2.79. The lowest BCUT2D eigenvalue weighted by molar-refractivity contribution is 0.509. The van der Waals surface area contributed by atoms with E-state index in [9.17, 15) is 4.79 Å². The monoisotopic (exact) mass is 301 g/mol. The number of fused-ring (bicyclic) bond motifs is 3. The van der Waals surface area contributed by atoms with Crippen LogP contribution in [-0.4, -0.2) is 9.55 Å². The molecule has 1 aliphatic rings. The van der Waals surface area contributed by atoms with Crippen LogP contribution < -0.4 is 5.56 Å². The van der Waals surface area contributed by atoms with Crippen molar-refractivity contribution in [3.05, 3.63) is 26.6 Å². The largest absolute Gasteiger partial charge is 0.282 e. The van der Waals surface area contributed by atoms with Gasteiger partial charge in [0.25, 0.3) is 5.56 Å². The number of hydrogen-bond acceptors (Lipinski definition) is 4. The van der Waals surface area contributed by atoms with E-state index in [4.69, 9.17) is 10.2 Å². The van der Waals surface area contributed by atoms with Gasteiger partial charge in [-0.25, -0.2) is 4.98 Å². The van der Waals surface area contributed by atoms with Crippen LogP contribution in [0.15, 0.2) is 4.79 Å². The van der Waals surface area contributed by atoms with Crippen molar-refractivity contribution >= 4 is 21.6 Å². The van der Waals surface area contributed by atoms with Gasteiger partial charge in [0.05, 0.1) is 11.5 Å². The number of aromatic nitrogens is 2. The smallest absolute Gasteiger partial charge is 0.263 e. The highest BCUT2D eigenvalue weighted by molar-refractivity contribution is 7.18. The standard InChI is InChI=1S/C16H19N3OS/c1-9(2)14-18-15-13(16(20)19(14)7-6-17)11-5-4-10(3)8-12(11)21-15/h9-10H,4-5,7-8H2,1-3H3. The zero-order valence-corrected chi connectivity index (χ0v) is 13.5. The Kier molecular flexibility index (Phi) is 3.58. The molecule has 0 bridgehead atoms. The van der Waals surface area contributed by atoms with Gasteiger partial charge in [0, 0.05) is 10.8 Å². The molecule has 2 heterocycles. The number of aryl methyl sites for hydroxylation is 1. The number of nitrogens with zero attached hydrogens (tertiary/aromatic N) is 3. The molecule has 0 aromatic carbocycles. The Balaban J connectivity index is 2.32. The third kappa shape index (κ3) is 2.28. The van der Waals surface area contributed by atoms with E-state index in [-0.39, 0.29) is 18.0 Å². The molecular weight excluding hydrogens is 282 g/mol. The summed E-state index contributed by atoms with van der Waals surface area (Å²) in [5, 5.41) is 9.78. The minimum Gasteiger partial charge on any atom is -0.282 e. The molecular formula is C16H19N3OS. The maximum absolute atomic E-state index is 12.8. The van der Waals surface area contributed by atoms with Gasteiger partial charge < -0.3 is 0 Å². The Bertz CT molecular complexity index is 794. The number of nitriles is 1. The number of rotatable bonds is 2. The molecule has 110 valence electrons. The lowest BCUT2D eigenvalue weighted by Gasteiger charge is -2.17. The molecule has 1 unspecified atom stereocenters. The van der Waals surface area contributed by atoms with Gasteiger partial charge in [-0.05, 0) is 30.7 Å². The second-order valence-electron chi connectivity index (χ2n) is 6.21. The normalized spacial score (nSPS) is 18.0. The minimum absolute atomic E-state index is 0.0303. The summed E-state index contributed by atoms with van der Waals surface area (Å²) in [7, 11) is 0. The van der Waals surface area contributed by atoms with Gasteiger partial charge >= 0.3 is 0 Å². The van der Waals surface area contributed by atoms with Gasteiger partial charge in [0.1, 0.15) is 17.2 Å². The fourth-order valence-corrected chi connectivity index (χ4v) is 4.48. The van der Waals surface area contributed by atoms with E-state index < -0.39 is 0 Å². The first-order valence-electron chi connectivity index (χ1n) is 7.44. The molecule has 0 saturated carbocycles. The molecule has 1 atom stereocenters. The molecule has 1 aliphatic carbocycles. The number of thiophene rings is 1. The fraction of sp³-hybridized carbons (Fsp3) is 0.562. The molecule has 3 rings (SSSR count). The van der Waals surface area contributed by atoms with Gasteiger partial charge in [-0.2, -0.15) is 5.26 Å². The molecule has 0 saturated heterocycles. The van der Waals surface area contributed by atoms with Crippen molar-refractivity contribution in [2.75, 3.05) is 0 Å². The lowest BCUT2D eigenvalue weighted by atomic mass is 9.89. The molecule has 2 aromatic rings. The van der Waals surface area contributed by atoms with Crippen molar-refractivity contribution in [1.29, 1.82) is 5.26 Å². The quantitative estimate of drug-likeness (QED) is 0.855. The van der Waals surface area contributed by atoms with Crippen LogP contribution in [0.25, 0.3) is 10.2 Å². The topological polar surface area (TPSA) is 58.7 Å². The second kappa shape index (κ2) is 5.27. The van der Waals surface area contributed by atoms with Gasteiger partial charge in [-0.3, -0.25) is 9.36 Å². The van der Waals surface area contributed by atoms with Crippen LogP contribution in [0.2, 0.25) is 0 Å². The highest BCUT2D eigenvalue weighted by atomic mass is 32.1. The van der Waals surface area contributed by atoms with Gasteiger partial charge in [0.2, 0.25) is 0 Å². The molecule has 0 radical (unpaired) electrons. The van der Waals surface area contributed by atoms with Crippen molar-refractivity contribution in [3.8, 4) is 6.07 Å². The maximum Gasteiger partial charge on any atom is 0.263 e. The molecule has 0 spiro atoms. The predicted molar refractivity (Wildman–Crippen MR) is 84.8 cm³/mol. The molecule has 5 heteroatoms. The molecule has 2 aromatic heterocycles. The van der Waals surface area contributed by atoms with E-state index in [0.29, 0.717) is 5.92 Å². The fourth-order valence-electron chi connectivity index (χ4n) is 3.10. The molecule has 4 nitrogen and oxygen atoms in total. The van der Waals surface area contributed by atoms with E-state index in [1.54, 1.807) is 15.9 Å². The SMILES string of the molecule is CC1CCc2c(sc3nc(C(C)C)n(CC#N)c(=O)c23)C1. The Labute approximate surface area is 128 Å². The van der Waals surface area contributed by atoms with Crippen LogP contribution in [0.4, 0.5) is 0 Å². The van der Waals surface area contributed by atoms with Crippen molar-refractivity contribution in [3.63, 3.8) is 0 Å². The third-order valence-electron chi connectivity index (χ3n) is 4.19. The zero-order valence-electron chi connectivity index (χ0n) is 12.6. The molecule has 0 aliphatic heterocycles. The first kappa shape index (κ1) is 14.3. The first-order chi connectivity index (χ1) is 10.0. The summed E-state index contributed by atoms with van der Waals surface area (Å²) in [5.41, 5.74) is 1.16. The maximum atomic E-state index is 12.8. The minimum atomic E-state index is -0.0303. The average molecular weight is 301 g/mol. The zero-order chi connectivity index (χ0) is 15.1. The summed E-state index contributed by atoms with van der Waals surface area (Å²) < 4.78 is 1.55. The molecule has 21 heavy (non-hydrogen) atoms. The Morgan fingerprint density at radius 3 is 2.95 bits per heavy atom. The van der Waals surface area contributed by atoms with Gasteiger partial charge in [-0.15, -0.1) is 11.3 Å². The van der Waals surface area contributed by atoms with E-state index >= 15 is 0 Å². The number of hydrogen-bond donors (Lipinski definition) is 0. The van der Waals surface area contributed by atoms with Crippen molar-refractivity contribution in [1.82, 2.24) is 9.55 Å². The summed E-state index contributed by atoms with van der Waals surface area (Å²) in [6.07, 6.45) is 3.13. The summed E-state index contributed by atoms with van der Waals surface area (Å²) >= 11 is 1.67. The van der Waals surface area contributed by atoms with Crippen LogP contribution in [0, 0.1) is 17.2 Å². The van der Waals surface area contributed by atoms with E-state index in [2.05, 4.69) is 13.0 Å². The summed E-state index contributed by atoms with van der Waals surface area (Å²) in [6.45, 7) is 6.36. The van der Waals surface area contributed by atoms with Crippen LogP contribution in [0.1, 0.15) is 49.4 Å². The Morgan fingerprint density at radius 2 is 2.29 bits per heavy atom. The lowest BCUT2D eigenvalue weighted by Crippen LogP contribution is -2.26. The summed E-state index contributed by atoms with van der Waals surface area (Å²) in [5.74, 6) is 1.53. The summed E-state index contributed by atoms with van der Waals surface area (Å²) in [4.78, 5) is 19.7. The Morgan fingerprint density at radius 1 is 1.52 bits per heavy atom. The van der Waals surface area contributed by atoms with Crippen LogP contribution in [0.5, 0.6) is 0 Å². The van der Waals surface area contributed by atoms with Crippen LogP contribution in [-0.2, 0) is 19.4 Å². The van der Waals surface area contributed by atoms with Crippen molar-refractivity contribution in [2.24, 2.45) is 5.92 Å². The van der Waals surface area contributed by atoms with E-state index in [1.165, 1.54) is 10.4 Å². The van der Waals surface area contributed by atoms with Crippen LogP contribution in [0.3, 0.4) is 0 Å². The van der Waals surface area contributed by atoms with Crippen LogP contribution >= 0.6 is 11.3 Å². The van der Waals surface area contributed by atoms with Gasteiger partial charge in [0.15, 0.2) is 0 Å². The highest BCUT2D eigenvalue weighted by Gasteiger charge is 2.24. The van der Waals surface area contributed by atoms with Crippen molar-refractivity contribution < 1.29 is 0 Å². The molecule has 0 amide bonds. The summed E-state index contributed by atoms with van der Waals surface area (Å²) in [6, 6.07) is 2.09. The predicted octanol–water partition coefficient (Wildman–Crippen LogP) is 3.23. The Hall–Kier alpha value is -1.67. The first-order valence-corrected chi connectivity index (χ1v) is 8.26. The van der Waals surface area contributed by atoms with Gasteiger partial charge in [-0.1, -0.05) is 20.8 Å². The second-order valence-corrected chi connectivity index (χ2v) is 7.29. The molecule has 0 N–H and O–H groups in total.